The lowest BCUT2D eigenvalue weighted by atomic mass is 10.1. The molecule has 30 heavy (non-hydrogen) atoms. The van der Waals surface area contributed by atoms with E-state index in [1.807, 2.05) is 0 Å². The van der Waals surface area contributed by atoms with E-state index in [0.717, 1.165) is 11.3 Å². The predicted octanol–water partition coefficient (Wildman–Crippen LogP) is 3.30. The van der Waals surface area contributed by atoms with Crippen LogP contribution in [0.3, 0.4) is 0 Å². The Kier molecular flexibility index (Phi) is 7.15. The van der Waals surface area contributed by atoms with Crippen LogP contribution in [-0.4, -0.2) is 36.1 Å². The van der Waals surface area contributed by atoms with Crippen molar-refractivity contribution in [2.24, 2.45) is 0 Å². The zero-order valence-electron chi connectivity index (χ0n) is 15.6. The number of rotatable bonds is 9. The van der Waals surface area contributed by atoms with Gasteiger partial charge in [0.1, 0.15) is 0 Å². The van der Waals surface area contributed by atoms with Crippen LogP contribution in [0.1, 0.15) is 12.0 Å². The van der Waals surface area contributed by atoms with Crippen molar-refractivity contribution in [3.05, 3.63) is 53.4 Å². The normalized spacial score (nSPS) is 11.3. The SMILES string of the molecule is N#CCCn1cc(-c2nc(Nc3ccc(CCOP(=O)(O)O)cc3)ncc2Cl)cn1. The van der Waals surface area contributed by atoms with Crippen molar-refractivity contribution < 1.29 is 18.9 Å². The highest BCUT2D eigenvalue weighted by atomic mass is 35.5. The standard InChI is InChI=1S/C18H18ClN6O4P/c19-16-11-21-18(24-17(16)14-10-22-25(12-14)8-1-7-20)23-15-4-2-13(3-5-15)6-9-29-30(26,27)28/h2-5,10-12H,1,6,8-9H2,(H,21,23,24)(H2,26,27,28). The van der Waals surface area contributed by atoms with E-state index >= 15 is 0 Å². The smallest absolute Gasteiger partial charge is 0.324 e. The molecule has 0 aliphatic rings. The summed E-state index contributed by atoms with van der Waals surface area (Å²) in [6.45, 7) is 0.401. The molecule has 0 spiro atoms. The second-order valence-corrected chi connectivity index (χ2v) is 7.83. The molecule has 3 aromatic rings. The van der Waals surface area contributed by atoms with E-state index in [4.69, 9.17) is 26.6 Å². The predicted molar refractivity (Wildman–Crippen MR) is 110 cm³/mol. The van der Waals surface area contributed by atoms with Crippen LogP contribution in [0.5, 0.6) is 0 Å². The average molecular weight is 449 g/mol. The molecule has 0 saturated heterocycles. The van der Waals surface area contributed by atoms with Gasteiger partial charge in [0.25, 0.3) is 0 Å². The van der Waals surface area contributed by atoms with Gasteiger partial charge in [-0.25, -0.2) is 14.5 Å². The Morgan fingerprint density at radius 1 is 1.27 bits per heavy atom. The summed E-state index contributed by atoms with van der Waals surface area (Å²) in [6, 6.07) is 9.28. The summed E-state index contributed by atoms with van der Waals surface area (Å²) in [5.74, 6) is 0.344. The van der Waals surface area contributed by atoms with Gasteiger partial charge >= 0.3 is 7.82 Å². The van der Waals surface area contributed by atoms with Crippen molar-refractivity contribution in [1.82, 2.24) is 19.7 Å². The van der Waals surface area contributed by atoms with Crippen LogP contribution in [0.4, 0.5) is 11.6 Å². The lowest BCUT2D eigenvalue weighted by molar-refractivity contribution is 0.199. The third-order valence-corrected chi connectivity index (χ3v) is 4.76. The Bertz CT molecular complexity index is 1090. The highest BCUT2D eigenvalue weighted by Gasteiger charge is 2.13. The van der Waals surface area contributed by atoms with Crippen LogP contribution in [0.25, 0.3) is 11.3 Å². The largest absolute Gasteiger partial charge is 0.469 e. The van der Waals surface area contributed by atoms with Gasteiger partial charge in [-0.2, -0.15) is 10.4 Å². The van der Waals surface area contributed by atoms with E-state index < -0.39 is 7.82 Å². The monoisotopic (exact) mass is 448 g/mol. The number of nitrogens with zero attached hydrogens (tertiary/aromatic N) is 5. The molecule has 0 atom stereocenters. The molecule has 0 saturated carbocycles. The second-order valence-electron chi connectivity index (χ2n) is 6.19. The maximum Gasteiger partial charge on any atom is 0.469 e. The van der Waals surface area contributed by atoms with Crippen molar-refractivity contribution in [3.63, 3.8) is 0 Å². The van der Waals surface area contributed by atoms with Crippen LogP contribution in [0, 0.1) is 11.3 Å². The number of hydrogen-bond donors (Lipinski definition) is 3. The number of nitrogens with one attached hydrogen (secondary N) is 1. The van der Waals surface area contributed by atoms with Gasteiger partial charge in [-0.3, -0.25) is 9.21 Å². The number of benzene rings is 1. The highest BCUT2D eigenvalue weighted by Crippen LogP contribution is 2.35. The molecule has 0 fully saturated rings. The lowest BCUT2D eigenvalue weighted by Crippen LogP contribution is -2.00. The van der Waals surface area contributed by atoms with Crippen molar-refractivity contribution in [3.8, 4) is 17.3 Å². The van der Waals surface area contributed by atoms with Gasteiger partial charge in [-0.1, -0.05) is 23.7 Å². The third-order valence-electron chi connectivity index (χ3n) is 3.96. The molecule has 12 heteroatoms. The second kappa shape index (κ2) is 9.80. The van der Waals surface area contributed by atoms with Crippen LogP contribution in [0.15, 0.2) is 42.9 Å². The number of aromatic nitrogens is 4. The van der Waals surface area contributed by atoms with Crippen molar-refractivity contribution in [1.29, 1.82) is 5.26 Å². The molecule has 0 unspecified atom stereocenters. The van der Waals surface area contributed by atoms with Crippen LogP contribution in [0.2, 0.25) is 5.02 Å². The minimum Gasteiger partial charge on any atom is -0.324 e. The molecule has 156 valence electrons. The van der Waals surface area contributed by atoms with Crippen molar-refractivity contribution >= 4 is 31.1 Å². The molecule has 1 aromatic carbocycles. The number of phosphoric acid groups is 1. The maximum atomic E-state index is 10.7. The van der Waals surface area contributed by atoms with Crippen LogP contribution >= 0.6 is 19.4 Å². The number of halogens is 1. The number of phosphoric ester groups is 1. The van der Waals surface area contributed by atoms with Gasteiger partial charge in [-0.15, -0.1) is 0 Å². The molecule has 0 amide bonds. The van der Waals surface area contributed by atoms with E-state index in [2.05, 4.69) is 31.0 Å². The fourth-order valence-corrected chi connectivity index (χ4v) is 3.10. The summed E-state index contributed by atoms with van der Waals surface area (Å²) in [5.41, 5.74) is 2.82. The third kappa shape index (κ3) is 6.35. The Balaban J connectivity index is 1.67. The highest BCUT2D eigenvalue weighted by molar-refractivity contribution is 7.46. The van der Waals surface area contributed by atoms with Crippen molar-refractivity contribution in [2.75, 3.05) is 11.9 Å². The van der Waals surface area contributed by atoms with E-state index in [-0.39, 0.29) is 6.61 Å². The van der Waals surface area contributed by atoms with E-state index in [1.54, 1.807) is 41.3 Å². The summed E-state index contributed by atoms with van der Waals surface area (Å²) in [6.07, 6.45) is 5.61. The van der Waals surface area contributed by atoms with Crippen LogP contribution in [-0.2, 0) is 22.1 Å². The van der Waals surface area contributed by atoms with Gasteiger partial charge in [0.05, 0.1) is 48.8 Å². The van der Waals surface area contributed by atoms with Crippen LogP contribution < -0.4 is 5.32 Å². The quantitative estimate of drug-likeness (QED) is 0.419. The Morgan fingerprint density at radius 3 is 2.73 bits per heavy atom. The van der Waals surface area contributed by atoms with Gasteiger partial charge < -0.3 is 15.1 Å². The molecule has 10 nitrogen and oxygen atoms in total. The zero-order chi connectivity index (χ0) is 21.6. The molecule has 0 aliphatic heterocycles. The fraction of sp³-hybridized carbons (Fsp3) is 0.222. The Hall–Kier alpha value is -2.80. The van der Waals surface area contributed by atoms with Gasteiger partial charge in [0, 0.05) is 17.4 Å². The topological polar surface area (TPSA) is 146 Å². The molecule has 0 bridgehead atoms. The number of hydrogen-bond acceptors (Lipinski definition) is 7. The first-order valence-electron chi connectivity index (χ1n) is 8.82. The summed E-state index contributed by atoms with van der Waals surface area (Å²) in [5, 5.41) is 16.3. The van der Waals surface area contributed by atoms with E-state index in [1.165, 1.54) is 6.20 Å². The number of aryl methyl sites for hydroxylation is 1. The molecule has 0 radical (unpaired) electrons. The first-order chi connectivity index (χ1) is 14.3. The molecular formula is C18H18ClN6O4P. The van der Waals surface area contributed by atoms with E-state index in [0.29, 0.717) is 41.6 Å². The van der Waals surface area contributed by atoms with E-state index in [9.17, 15) is 4.57 Å². The maximum absolute atomic E-state index is 10.7. The summed E-state index contributed by atoms with van der Waals surface area (Å²) >= 11 is 6.24. The number of nitriles is 1. The minimum absolute atomic E-state index is 0.0806. The molecule has 2 heterocycles. The summed E-state index contributed by atoms with van der Waals surface area (Å²) in [7, 11) is -4.46. The fourth-order valence-electron chi connectivity index (χ4n) is 2.57. The molecule has 0 aliphatic carbocycles. The Morgan fingerprint density at radius 2 is 2.03 bits per heavy atom. The van der Waals surface area contributed by atoms with Gasteiger partial charge in [-0.05, 0) is 24.1 Å². The molecule has 2 aromatic heterocycles. The van der Waals surface area contributed by atoms with Crippen molar-refractivity contribution in [2.45, 2.75) is 19.4 Å². The Labute approximate surface area is 177 Å². The lowest BCUT2D eigenvalue weighted by Gasteiger charge is -2.09. The summed E-state index contributed by atoms with van der Waals surface area (Å²) < 4.78 is 16.8. The summed E-state index contributed by atoms with van der Waals surface area (Å²) in [4.78, 5) is 26.0. The molecule has 3 N–H and O–H groups in total. The first-order valence-corrected chi connectivity index (χ1v) is 10.7. The number of anilines is 2. The molecule has 3 rings (SSSR count). The minimum atomic E-state index is -4.46. The van der Waals surface area contributed by atoms with Gasteiger partial charge in [0.2, 0.25) is 5.95 Å². The first kappa shape index (κ1) is 21.9. The zero-order valence-corrected chi connectivity index (χ0v) is 17.3. The molecular weight excluding hydrogens is 431 g/mol. The average Bonchev–Trinajstić information content (AvgIpc) is 3.17. The van der Waals surface area contributed by atoms with Gasteiger partial charge in [0.15, 0.2) is 0 Å².